The van der Waals surface area contributed by atoms with Crippen LogP contribution in [0.4, 0.5) is 0 Å². The van der Waals surface area contributed by atoms with E-state index in [2.05, 4.69) is 32.9 Å². The van der Waals surface area contributed by atoms with Crippen LogP contribution in [0.15, 0.2) is 53.3 Å². The first-order valence-electron chi connectivity index (χ1n) is 8.12. The standard InChI is InChI=1S/C21H23NO2/c1-21(2,3)19-17(14-10-7-6-8-11-14)15-12-9-13-16(24-5)18(15)20(23)22(19)4/h6-13H,1-5H3. The molecule has 0 saturated heterocycles. The molecular weight excluding hydrogens is 298 g/mol. The van der Waals surface area contributed by atoms with Gasteiger partial charge in [-0.25, -0.2) is 0 Å². The van der Waals surface area contributed by atoms with Crippen LogP contribution < -0.4 is 10.3 Å². The van der Waals surface area contributed by atoms with Crippen molar-refractivity contribution in [3.8, 4) is 16.9 Å². The van der Waals surface area contributed by atoms with Gasteiger partial charge in [0.05, 0.1) is 12.5 Å². The summed E-state index contributed by atoms with van der Waals surface area (Å²) >= 11 is 0. The van der Waals surface area contributed by atoms with Crippen molar-refractivity contribution in [3.63, 3.8) is 0 Å². The molecule has 0 aliphatic heterocycles. The van der Waals surface area contributed by atoms with Gasteiger partial charge >= 0.3 is 0 Å². The quantitative estimate of drug-likeness (QED) is 0.695. The Morgan fingerprint density at radius 2 is 1.62 bits per heavy atom. The zero-order valence-corrected chi connectivity index (χ0v) is 14.9. The van der Waals surface area contributed by atoms with Gasteiger partial charge in [-0.05, 0) is 11.6 Å². The molecule has 0 N–H and O–H groups in total. The van der Waals surface area contributed by atoms with Gasteiger partial charge in [-0.1, -0.05) is 63.2 Å². The molecule has 0 amide bonds. The van der Waals surface area contributed by atoms with Crippen LogP contribution in [0, 0.1) is 0 Å². The summed E-state index contributed by atoms with van der Waals surface area (Å²) in [5.74, 6) is 0.616. The molecule has 124 valence electrons. The summed E-state index contributed by atoms with van der Waals surface area (Å²) in [4.78, 5) is 13.0. The topological polar surface area (TPSA) is 31.2 Å². The minimum absolute atomic E-state index is 0.0212. The summed E-state index contributed by atoms with van der Waals surface area (Å²) in [5.41, 5.74) is 3.04. The molecule has 0 saturated carbocycles. The van der Waals surface area contributed by atoms with Crippen LogP contribution in [-0.2, 0) is 12.5 Å². The second-order valence-corrected chi connectivity index (χ2v) is 7.09. The Kier molecular flexibility index (Phi) is 3.96. The molecular formula is C21H23NO2. The molecule has 1 heterocycles. The van der Waals surface area contributed by atoms with Crippen molar-refractivity contribution in [2.75, 3.05) is 7.11 Å². The van der Waals surface area contributed by atoms with Crippen molar-refractivity contribution in [2.45, 2.75) is 26.2 Å². The predicted octanol–water partition coefficient (Wildman–Crippen LogP) is 4.51. The molecule has 3 rings (SSSR count). The molecule has 0 bridgehead atoms. The van der Waals surface area contributed by atoms with E-state index in [0.717, 1.165) is 22.2 Å². The van der Waals surface area contributed by atoms with Crippen molar-refractivity contribution in [1.82, 2.24) is 4.57 Å². The van der Waals surface area contributed by atoms with Crippen LogP contribution in [0.2, 0.25) is 0 Å². The van der Waals surface area contributed by atoms with Gasteiger partial charge in [-0.2, -0.15) is 0 Å². The Hall–Kier alpha value is -2.55. The Bertz CT molecular complexity index is 947. The Balaban J connectivity index is 2.60. The first-order chi connectivity index (χ1) is 11.4. The highest BCUT2D eigenvalue weighted by Gasteiger charge is 2.26. The van der Waals surface area contributed by atoms with E-state index in [0.29, 0.717) is 11.1 Å². The highest BCUT2D eigenvalue weighted by molar-refractivity contribution is 6.00. The number of rotatable bonds is 2. The van der Waals surface area contributed by atoms with Gasteiger partial charge in [0, 0.05) is 29.1 Å². The molecule has 3 heteroatoms. The van der Waals surface area contributed by atoms with E-state index >= 15 is 0 Å². The van der Waals surface area contributed by atoms with Crippen molar-refractivity contribution in [2.24, 2.45) is 7.05 Å². The average Bonchev–Trinajstić information content (AvgIpc) is 2.56. The third-order valence-electron chi connectivity index (χ3n) is 4.38. The van der Waals surface area contributed by atoms with Crippen LogP contribution in [0.1, 0.15) is 26.5 Å². The van der Waals surface area contributed by atoms with Gasteiger partial charge in [0.15, 0.2) is 0 Å². The minimum atomic E-state index is -0.170. The normalized spacial score (nSPS) is 11.7. The third-order valence-corrected chi connectivity index (χ3v) is 4.38. The Morgan fingerprint density at radius 3 is 2.21 bits per heavy atom. The fourth-order valence-electron chi connectivity index (χ4n) is 3.47. The maximum absolute atomic E-state index is 13.0. The Morgan fingerprint density at radius 1 is 0.958 bits per heavy atom. The van der Waals surface area contributed by atoms with Gasteiger partial charge in [0.25, 0.3) is 5.56 Å². The van der Waals surface area contributed by atoms with Gasteiger partial charge in [-0.3, -0.25) is 4.79 Å². The summed E-state index contributed by atoms with van der Waals surface area (Å²) in [7, 11) is 3.45. The highest BCUT2D eigenvalue weighted by atomic mass is 16.5. The molecule has 0 unspecified atom stereocenters. The number of aromatic nitrogens is 1. The lowest BCUT2D eigenvalue weighted by molar-refractivity contribution is 0.419. The van der Waals surface area contributed by atoms with Gasteiger partial charge in [0.1, 0.15) is 5.75 Å². The average molecular weight is 321 g/mol. The molecule has 0 atom stereocenters. The molecule has 1 aromatic heterocycles. The monoisotopic (exact) mass is 321 g/mol. The maximum Gasteiger partial charge on any atom is 0.262 e. The van der Waals surface area contributed by atoms with Crippen LogP contribution in [0.25, 0.3) is 21.9 Å². The molecule has 3 nitrogen and oxygen atoms in total. The van der Waals surface area contributed by atoms with Crippen molar-refractivity contribution in [3.05, 3.63) is 64.6 Å². The summed E-state index contributed by atoms with van der Waals surface area (Å²) in [6, 6.07) is 16.0. The van der Waals surface area contributed by atoms with E-state index in [1.807, 2.05) is 43.4 Å². The van der Waals surface area contributed by atoms with E-state index in [1.165, 1.54) is 0 Å². The third kappa shape index (κ3) is 2.50. The molecule has 0 fully saturated rings. The number of hydrogen-bond acceptors (Lipinski definition) is 2. The summed E-state index contributed by atoms with van der Waals surface area (Å²) in [6.07, 6.45) is 0. The number of pyridine rings is 1. The summed E-state index contributed by atoms with van der Waals surface area (Å²) in [5, 5.41) is 1.57. The van der Waals surface area contributed by atoms with E-state index in [1.54, 1.807) is 11.7 Å². The number of benzene rings is 2. The number of fused-ring (bicyclic) bond motifs is 1. The Labute approximate surface area is 142 Å². The first kappa shape index (κ1) is 16.3. The predicted molar refractivity (Wildman–Crippen MR) is 99.9 cm³/mol. The fourth-order valence-corrected chi connectivity index (χ4v) is 3.47. The lowest BCUT2D eigenvalue weighted by atomic mass is 9.83. The molecule has 0 aliphatic carbocycles. The van der Waals surface area contributed by atoms with E-state index in [4.69, 9.17) is 4.74 Å². The highest BCUT2D eigenvalue weighted by Crippen LogP contribution is 2.38. The van der Waals surface area contributed by atoms with Crippen LogP contribution in [0.5, 0.6) is 5.75 Å². The largest absolute Gasteiger partial charge is 0.496 e. The van der Waals surface area contributed by atoms with Crippen LogP contribution >= 0.6 is 0 Å². The second kappa shape index (κ2) is 5.82. The van der Waals surface area contributed by atoms with Gasteiger partial charge in [0.2, 0.25) is 0 Å². The van der Waals surface area contributed by atoms with Gasteiger partial charge < -0.3 is 9.30 Å². The fraction of sp³-hybridized carbons (Fsp3) is 0.286. The summed E-state index contributed by atoms with van der Waals surface area (Å²) < 4.78 is 7.24. The number of nitrogens with zero attached hydrogens (tertiary/aromatic N) is 1. The number of ether oxygens (including phenoxy) is 1. The first-order valence-corrected chi connectivity index (χ1v) is 8.12. The molecule has 0 aliphatic rings. The number of hydrogen-bond donors (Lipinski definition) is 0. The maximum atomic E-state index is 13.0. The van der Waals surface area contributed by atoms with Crippen molar-refractivity contribution in [1.29, 1.82) is 0 Å². The van der Waals surface area contributed by atoms with Crippen molar-refractivity contribution < 1.29 is 4.74 Å². The lowest BCUT2D eigenvalue weighted by Crippen LogP contribution is -2.29. The van der Waals surface area contributed by atoms with Gasteiger partial charge in [-0.15, -0.1) is 0 Å². The van der Waals surface area contributed by atoms with Crippen molar-refractivity contribution >= 4 is 10.8 Å². The molecule has 24 heavy (non-hydrogen) atoms. The van der Waals surface area contributed by atoms with E-state index < -0.39 is 0 Å². The minimum Gasteiger partial charge on any atom is -0.496 e. The lowest BCUT2D eigenvalue weighted by Gasteiger charge is -2.27. The molecule has 2 aromatic carbocycles. The summed E-state index contributed by atoms with van der Waals surface area (Å²) in [6.45, 7) is 6.42. The second-order valence-electron chi connectivity index (χ2n) is 7.09. The van der Waals surface area contributed by atoms with Crippen LogP contribution in [0.3, 0.4) is 0 Å². The van der Waals surface area contributed by atoms with E-state index in [-0.39, 0.29) is 11.0 Å². The zero-order chi connectivity index (χ0) is 17.5. The van der Waals surface area contributed by atoms with E-state index in [9.17, 15) is 4.79 Å². The smallest absolute Gasteiger partial charge is 0.262 e. The molecule has 0 spiro atoms. The number of methoxy groups -OCH3 is 1. The van der Waals surface area contributed by atoms with Crippen LogP contribution in [-0.4, -0.2) is 11.7 Å². The SMILES string of the molecule is COc1cccc2c(-c3ccccc3)c(C(C)(C)C)n(C)c(=O)c12. The molecule has 0 radical (unpaired) electrons. The molecule has 3 aromatic rings. The zero-order valence-electron chi connectivity index (χ0n) is 14.9.